The predicted molar refractivity (Wildman–Crippen MR) is 119 cm³/mol. The monoisotopic (exact) mass is 483 g/mol. The maximum absolute atomic E-state index is 13.0. The van der Waals surface area contributed by atoms with Gasteiger partial charge in [0.05, 0.1) is 24.9 Å². The summed E-state index contributed by atoms with van der Waals surface area (Å²) in [7, 11) is 0. The van der Waals surface area contributed by atoms with Crippen molar-refractivity contribution < 1.29 is 34.2 Å². The number of carbonyl (C=O) groups is 5. The van der Waals surface area contributed by atoms with Crippen molar-refractivity contribution in [2.45, 2.75) is 70.3 Å². The molecule has 14 heteroatoms. The highest BCUT2D eigenvalue weighted by Crippen LogP contribution is 2.07. The highest BCUT2D eigenvalue weighted by molar-refractivity contribution is 5.96. The number of aromatic amines is 1. The topological polar surface area (TPSA) is 243 Å². The molecule has 0 bridgehead atoms. The third kappa shape index (κ3) is 8.78. The van der Waals surface area contributed by atoms with Gasteiger partial charge in [0.2, 0.25) is 23.6 Å². The van der Waals surface area contributed by atoms with Crippen molar-refractivity contribution in [3.05, 3.63) is 18.2 Å². The number of amides is 4. The number of nitrogens with zero attached hydrogens (tertiary/aromatic N) is 1. The first kappa shape index (κ1) is 28.5. The van der Waals surface area contributed by atoms with Crippen LogP contribution in [0.3, 0.4) is 0 Å². The third-order valence-corrected chi connectivity index (χ3v) is 5.26. The number of hydrogen-bond acceptors (Lipinski definition) is 8. The van der Waals surface area contributed by atoms with Crippen LogP contribution in [0.15, 0.2) is 12.5 Å². The summed E-state index contributed by atoms with van der Waals surface area (Å²) in [5.74, 6) is -5.12. The van der Waals surface area contributed by atoms with Crippen molar-refractivity contribution >= 4 is 29.6 Å². The van der Waals surface area contributed by atoms with Crippen LogP contribution in [0.4, 0.5) is 0 Å². The average molecular weight is 484 g/mol. The van der Waals surface area contributed by atoms with Crippen molar-refractivity contribution in [1.82, 2.24) is 25.9 Å². The van der Waals surface area contributed by atoms with Gasteiger partial charge in [0, 0.05) is 18.3 Å². The van der Waals surface area contributed by atoms with Gasteiger partial charge in [-0.05, 0) is 12.8 Å². The molecular weight excluding hydrogens is 450 g/mol. The quantitative estimate of drug-likeness (QED) is 0.135. The summed E-state index contributed by atoms with van der Waals surface area (Å²) in [6.07, 6.45) is 1.29. The van der Waals surface area contributed by atoms with Gasteiger partial charge in [-0.25, -0.2) is 9.78 Å². The summed E-state index contributed by atoms with van der Waals surface area (Å²) in [4.78, 5) is 67.6. The Hall–Kier alpha value is -3.52. The molecular formula is C20H33N7O7. The molecule has 4 amide bonds. The van der Waals surface area contributed by atoms with Gasteiger partial charge >= 0.3 is 5.97 Å². The molecule has 0 saturated heterocycles. The Morgan fingerprint density at radius 2 is 1.65 bits per heavy atom. The number of carboxylic acid groups (broad SMARTS) is 1. The van der Waals surface area contributed by atoms with Crippen molar-refractivity contribution in [2.24, 2.45) is 17.4 Å². The second-order valence-electron chi connectivity index (χ2n) is 8.05. The number of hydrogen-bond donors (Lipinski definition) is 8. The number of carboxylic acids is 1. The highest BCUT2D eigenvalue weighted by atomic mass is 16.4. The minimum atomic E-state index is -1.69. The zero-order valence-electron chi connectivity index (χ0n) is 19.3. The Bertz CT molecular complexity index is 859. The fourth-order valence-electron chi connectivity index (χ4n) is 2.93. The molecule has 0 spiro atoms. The molecule has 0 aliphatic heterocycles. The van der Waals surface area contributed by atoms with Crippen molar-refractivity contribution in [1.29, 1.82) is 0 Å². The lowest BCUT2D eigenvalue weighted by atomic mass is 9.98. The summed E-state index contributed by atoms with van der Waals surface area (Å²) in [5, 5.41) is 25.7. The number of aliphatic carboxylic acids is 1. The van der Waals surface area contributed by atoms with E-state index in [-0.39, 0.29) is 12.3 Å². The standard InChI is InChI=1S/C20H33N7O7/c1-4-9(2)15(22)19(32)26-12(5-11-7-23-8-24-11)17(30)25-13(6-14(21)29)18(31)27-16(10(3)28)20(33)34/h7-10,12-13,15-16,28H,4-6,22H2,1-3H3,(H2,21,29)(H,23,24)(H,25,30)(H,26,32)(H,27,31)(H,33,34). The minimum Gasteiger partial charge on any atom is -0.480 e. The molecule has 1 aromatic rings. The van der Waals surface area contributed by atoms with E-state index in [1.807, 2.05) is 6.92 Å². The molecule has 14 nitrogen and oxygen atoms in total. The van der Waals surface area contributed by atoms with E-state index < -0.39 is 66.3 Å². The number of carbonyl (C=O) groups excluding carboxylic acids is 4. The van der Waals surface area contributed by atoms with Crippen LogP contribution in [0.1, 0.15) is 39.3 Å². The molecule has 34 heavy (non-hydrogen) atoms. The first-order chi connectivity index (χ1) is 15.9. The Balaban J connectivity index is 3.08. The number of H-pyrrole nitrogens is 1. The van der Waals surface area contributed by atoms with Crippen LogP contribution in [0.2, 0.25) is 0 Å². The molecule has 0 saturated carbocycles. The number of aromatic nitrogens is 2. The van der Waals surface area contributed by atoms with Gasteiger partial charge in [0.15, 0.2) is 6.04 Å². The van der Waals surface area contributed by atoms with Crippen LogP contribution >= 0.6 is 0 Å². The smallest absolute Gasteiger partial charge is 0.328 e. The van der Waals surface area contributed by atoms with Crippen LogP contribution in [0.5, 0.6) is 0 Å². The maximum atomic E-state index is 13.0. The number of primary amides is 1. The second kappa shape index (κ2) is 13.3. The second-order valence-corrected chi connectivity index (χ2v) is 8.05. The van der Waals surface area contributed by atoms with Gasteiger partial charge in [0.25, 0.3) is 0 Å². The fraction of sp³-hybridized carbons (Fsp3) is 0.600. The molecule has 1 heterocycles. The van der Waals surface area contributed by atoms with E-state index in [0.29, 0.717) is 12.1 Å². The average Bonchev–Trinajstić information content (AvgIpc) is 3.27. The maximum Gasteiger partial charge on any atom is 0.328 e. The largest absolute Gasteiger partial charge is 0.480 e. The first-order valence-corrected chi connectivity index (χ1v) is 10.7. The van der Waals surface area contributed by atoms with E-state index >= 15 is 0 Å². The number of rotatable bonds is 14. The van der Waals surface area contributed by atoms with Crippen molar-refractivity contribution in [2.75, 3.05) is 0 Å². The SMILES string of the molecule is CCC(C)C(N)C(=O)NC(Cc1cnc[nH]1)C(=O)NC(CC(N)=O)C(=O)NC(C(=O)O)C(C)O. The van der Waals surface area contributed by atoms with E-state index in [0.717, 1.165) is 6.92 Å². The Kier molecular flexibility index (Phi) is 11.1. The van der Waals surface area contributed by atoms with Crippen LogP contribution in [-0.2, 0) is 30.4 Å². The number of aliphatic hydroxyl groups excluding tert-OH is 1. The van der Waals surface area contributed by atoms with E-state index in [1.54, 1.807) is 6.92 Å². The number of nitrogens with two attached hydrogens (primary N) is 2. The molecule has 1 rings (SSSR count). The van der Waals surface area contributed by atoms with Crippen molar-refractivity contribution in [3.63, 3.8) is 0 Å². The lowest BCUT2D eigenvalue weighted by Gasteiger charge is -2.26. The van der Waals surface area contributed by atoms with Crippen LogP contribution < -0.4 is 27.4 Å². The van der Waals surface area contributed by atoms with Gasteiger partial charge in [0.1, 0.15) is 12.1 Å². The molecule has 6 atom stereocenters. The van der Waals surface area contributed by atoms with Crippen LogP contribution in [0, 0.1) is 5.92 Å². The number of aliphatic hydroxyl groups is 1. The molecule has 0 aliphatic carbocycles. The molecule has 1 aromatic heterocycles. The zero-order chi connectivity index (χ0) is 26.0. The number of nitrogens with one attached hydrogen (secondary N) is 4. The molecule has 10 N–H and O–H groups in total. The van der Waals surface area contributed by atoms with Gasteiger partial charge in [-0.15, -0.1) is 0 Å². The van der Waals surface area contributed by atoms with E-state index in [1.165, 1.54) is 12.5 Å². The van der Waals surface area contributed by atoms with Crippen molar-refractivity contribution in [3.8, 4) is 0 Å². The Morgan fingerprint density at radius 1 is 1.06 bits per heavy atom. The number of imidazole rings is 1. The normalized spacial score (nSPS) is 16.3. The molecule has 190 valence electrons. The van der Waals surface area contributed by atoms with E-state index in [2.05, 4.69) is 25.9 Å². The summed E-state index contributed by atoms with van der Waals surface area (Å²) in [6, 6.07) is -5.35. The predicted octanol–water partition coefficient (Wildman–Crippen LogP) is -2.88. The third-order valence-electron chi connectivity index (χ3n) is 5.26. The molecule has 6 unspecified atom stereocenters. The molecule has 0 aliphatic rings. The van der Waals surface area contributed by atoms with Crippen LogP contribution in [-0.4, -0.2) is 80.1 Å². The summed E-state index contributed by atoms with van der Waals surface area (Å²) >= 11 is 0. The zero-order valence-corrected chi connectivity index (χ0v) is 19.3. The van der Waals surface area contributed by atoms with Crippen LogP contribution in [0.25, 0.3) is 0 Å². The lowest BCUT2D eigenvalue weighted by molar-refractivity contribution is -0.145. The Labute approximate surface area is 196 Å². The highest BCUT2D eigenvalue weighted by Gasteiger charge is 2.33. The minimum absolute atomic E-state index is 0.0405. The van der Waals surface area contributed by atoms with Gasteiger partial charge in [-0.2, -0.15) is 0 Å². The van der Waals surface area contributed by atoms with E-state index in [4.69, 9.17) is 16.6 Å². The Morgan fingerprint density at radius 3 is 2.12 bits per heavy atom. The lowest BCUT2D eigenvalue weighted by Crippen LogP contribution is -2.59. The summed E-state index contributed by atoms with van der Waals surface area (Å²) in [5.41, 5.74) is 11.6. The van der Waals surface area contributed by atoms with Gasteiger partial charge in [-0.1, -0.05) is 20.3 Å². The van der Waals surface area contributed by atoms with E-state index in [9.17, 15) is 29.1 Å². The molecule has 0 fully saturated rings. The molecule has 0 aromatic carbocycles. The van der Waals surface area contributed by atoms with Gasteiger partial charge < -0.3 is 42.6 Å². The first-order valence-electron chi connectivity index (χ1n) is 10.7. The van der Waals surface area contributed by atoms with Gasteiger partial charge in [-0.3, -0.25) is 19.2 Å². The fourth-order valence-corrected chi connectivity index (χ4v) is 2.93. The summed E-state index contributed by atoms with van der Waals surface area (Å²) < 4.78 is 0. The molecule has 0 radical (unpaired) electrons. The summed E-state index contributed by atoms with van der Waals surface area (Å²) in [6.45, 7) is 4.79.